The van der Waals surface area contributed by atoms with Gasteiger partial charge in [-0.25, -0.2) is 13.6 Å². The summed E-state index contributed by atoms with van der Waals surface area (Å²) >= 11 is 0. The average molecular weight is 329 g/mol. The second kappa shape index (κ2) is 5.30. The van der Waals surface area contributed by atoms with Gasteiger partial charge in [-0.05, 0) is 36.2 Å². The third kappa shape index (κ3) is 2.38. The molecule has 2 heterocycles. The van der Waals surface area contributed by atoms with Gasteiger partial charge in [-0.1, -0.05) is 6.07 Å². The van der Waals surface area contributed by atoms with Gasteiger partial charge < -0.3 is 10.1 Å². The third-order valence-corrected chi connectivity index (χ3v) is 4.31. The van der Waals surface area contributed by atoms with Crippen LogP contribution in [0.15, 0.2) is 47.5 Å². The van der Waals surface area contributed by atoms with Crippen molar-refractivity contribution >= 4 is 0 Å². The molecule has 2 atom stereocenters. The fourth-order valence-electron chi connectivity index (χ4n) is 2.97. The minimum absolute atomic E-state index is 0.0844. The molecule has 1 fully saturated rings. The van der Waals surface area contributed by atoms with Gasteiger partial charge in [-0.2, -0.15) is 0 Å². The highest BCUT2D eigenvalue weighted by atomic mass is 19.2. The number of halogens is 2. The van der Waals surface area contributed by atoms with Crippen molar-refractivity contribution in [3.63, 3.8) is 0 Å². The predicted molar refractivity (Wildman–Crippen MR) is 82.7 cm³/mol. The zero-order valence-corrected chi connectivity index (χ0v) is 12.4. The third-order valence-electron chi connectivity index (χ3n) is 4.31. The van der Waals surface area contributed by atoms with Crippen molar-refractivity contribution in [3.8, 4) is 17.1 Å². The van der Waals surface area contributed by atoms with E-state index in [0.717, 1.165) is 24.1 Å². The quantitative estimate of drug-likeness (QED) is 0.776. The number of nitrogens with one attached hydrogen (secondary N) is 1. The largest absolute Gasteiger partial charge is 0.493 e. The molecule has 1 aliphatic rings. The van der Waals surface area contributed by atoms with Crippen molar-refractivity contribution in [2.75, 3.05) is 0 Å². The highest BCUT2D eigenvalue weighted by Crippen LogP contribution is 2.51. The van der Waals surface area contributed by atoms with Gasteiger partial charge in [-0.15, -0.1) is 0 Å². The van der Waals surface area contributed by atoms with Crippen molar-refractivity contribution < 1.29 is 13.9 Å². The van der Waals surface area contributed by atoms with Crippen LogP contribution < -0.4 is 5.69 Å². The molecule has 0 saturated heterocycles. The summed E-state index contributed by atoms with van der Waals surface area (Å²) in [5, 5.41) is 9.70. The number of rotatable bonds is 3. The summed E-state index contributed by atoms with van der Waals surface area (Å²) in [5.41, 5.74) is 1.62. The summed E-state index contributed by atoms with van der Waals surface area (Å²) < 4.78 is 27.6. The molecule has 1 aliphatic carbocycles. The minimum atomic E-state index is -0.914. The summed E-state index contributed by atoms with van der Waals surface area (Å²) in [6.07, 6.45) is 3.66. The van der Waals surface area contributed by atoms with E-state index in [9.17, 15) is 18.7 Å². The maximum atomic E-state index is 13.3. The molecule has 0 radical (unpaired) electrons. The molecule has 1 saturated carbocycles. The summed E-state index contributed by atoms with van der Waals surface area (Å²) in [6, 6.07) is 7.13. The number of aromatic nitrogens is 3. The number of aromatic amines is 1. The molecule has 3 aromatic rings. The standard InChI is InChI=1S/C17H13F2N3O2/c18-12-3-1-9(5-13(12)19)14-4-2-10(7-20-14)11-6-15(11)22-16(23)8-21-17(22)24/h1-5,7-8,11,15,23H,6H2,(H,21,24)/t11-,15+/m1/s1. The van der Waals surface area contributed by atoms with Crippen LogP contribution >= 0.6 is 0 Å². The first kappa shape index (κ1) is 14.6. The van der Waals surface area contributed by atoms with Crippen LogP contribution in [-0.4, -0.2) is 19.6 Å². The summed E-state index contributed by atoms with van der Waals surface area (Å²) in [7, 11) is 0. The molecule has 0 spiro atoms. The number of hydrogen-bond acceptors (Lipinski definition) is 3. The van der Waals surface area contributed by atoms with Crippen LogP contribution in [0.3, 0.4) is 0 Å². The Balaban J connectivity index is 1.57. The van der Waals surface area contributed by atoms with Crippen molar-refractivity contribution in [1.82, 2.24) is 14.5 Å². The Bertz CT molecular complexity index is 963. The Morgan fingerprint density at radius 2 is 2.04 bits per heavy atom. The molecule has 2 N–H and O–H groups in total. The number of benzene rings is 1. The van der Waals surface area contributed by atoms with E-state index < -0.39 is 11.6 Å². The lowest BCUT2D eigenvalue weighted by Gasteiger charge is -2.05. The van der Waals surface area contributed by atoms with Gasteiger partial charge in [-0.3, -0.25) is 9.55 Å². The van der Waals surface area contributed by atoms with Crippen molar-refractivity contribution in [1.29, 1.82) is 0 Å². The van der Waals surface area contributed by atoms with Crippen LogP contribution in [0.1, 0.15) is 23.9 Å². The molecule has 0 amide bonds. The molecule has 4 rings (SSSR count). The van der Waals surface area contributed by atoms with E-state index in [4.69, 9.17) is 0 Å². The SMILES string of the molecule is O=c1[nH]cc(O)n1[C@H]1C[C@@H]1c1ccc(-c2ccc(F)c(F)c2)nc1. The van der Waals surface area contributed by atoms with E-state index in [1.54, 1.807) is 12.3 Å². The van der Waals surface area contributed by atoms with E-state index in [0.29, 0.717) is 11.3 Å². The molecule has 5 nitrogen and oxygen atoms in total. The summed E-state index contributed by atoms with van der Waals surface area (Å²) in [6.45, 7) is 0. The molecular weight excluding hydrogens is 316 g/mol. The number of hydrogen-bond donors (Lipinski definition) is 2. The van der Waals surface area contributed by atoms with Crippen molar-refractivity contribution in [2.45, 2.75) is 18.4 Å². The Kier molecular flexibility index (Phi) is 3.23. The Labute approximate surface area is 135 Å². The van der Waals surface area contributed by atoms with E-state index in [-0.39, 0.29) is 23.5 Å². The van der Waals surface area contributed by atoms with E-state index >= 15 is 0 Å². The van der Waals surface area contributed by atoms with E-state index in [1.807, 2.05) is 6.07 Å². The lowest BCUT2D eigenvalue weighted by atomic mass is 10.1. The van der Waals surface area contributed by atoms with Crippen LogP contribution in [0.2, 0.25) is 0 Å². The number of imidazole rings is 1. The highest BCUT2D eigenvalue weighted by molar-refractivity contribution is 5.59. The van der Waals surface area contributed by atoms with E-state index in [2.05, 4.69) is 9.97 Å². The van der Waals surface area contributed by atoms with Crippen molar-refractivity contribution in [3.05, 3.63) is 70.4 Å². The van der Waals surface area contributed by atoms with Gasteiger partial charge in [0.2, 0.25) is 5.88 Å². The first-order chi connectivity index (χ1) is 11.5. The first-order valence-electron chi connectivity index (χ1n) is 7.45. The summed E-state index contributed by atoms with van der Waals surface area (Å²) in [4.78, 5) is 18.4. The molecule has 24 heavy (non-hydrogen) atoms. The van der Waals surface area contributed by atoms with Gasteiger partial charge in [0.1, 0.15) is 0 Å². The average Bonchev–Trinajstić information content (AvgIpc) is 3.29. The molecule has 0 unspecified atom stereocenters. The highest BCUT2D eigenvalue weighted by Gasteiger charge is 2.42. The van der Waals surface area contributed by atoms with Gasteiger partial charge >= 0.3 is 5.69 Å². The van der Waals surface area contributed by atoms with Gasteiger partial charge in [0, 0.05) is 23.7 Å². The zero-order valence-electron chi connectivity index (χ0n) is 12.4. The monoisotopic (exact) mass is 329 g/mol. The smallest absolute Gasteiger partial charge is 0.328 e. The van der Waals surface area contributed by atoms with E-state index in [1.165, 1.54) is 16.8 Å². The topological polar surface area (TPSA) is 70.9 Å². The lowest BCUT2D eigenvalue weighted by Crippen LogP contribution is -2.15. The molecule has 2 aromatic heterocycles. The fraction of sp³-hybridized carbons (Fsp3) is 0.176. The van der Waals surface area contributed by atoms with Crippen LogP contribution in [0.25, 0.3) is 11.3 Å². The second-order valence-corrected chi connectivity index (χ2v) is 5.84. The molecule has 0 bridgehead atoms. The molecule has 0 aliphatic heterocycles. The zero-order chi connectivity index (χ0) is 16.8. The van der Waals surface area contributed by atoms with Crippen LogP contribution in [0.4, 0.5) is 8.78 Å². The number of H-pyrrole nitrogens is 1. The van der Waals surface area contributed by atoms with Gasteiger partial charge in [0.15, 0.2) is 11.6 Å². The Morgan fingerprint density at radius 1 is 1.21 bits per heavy atom. The summed E-state index contributed by atoms with van der Waals surface area (Å²) in [5.74, 6) is -1.80. The molecule has 1 aromatic carbocycles. The molecule has 7 heteroatoms. The normalized spacial score (nSPS) is 19.4. The Morgan fingerprint density at radius 3 is 2.67 bits per heavy atom. The first-order valence-corrected chi connectivity index (χ1v) is 7.45. The fourth-order valence-corrected chi connectivity index (χ4v) is 2.97. The number of nitrogens with zero attached hydrogens (tertiary/aromatic N) is 2. The van der Waals surface area contributed by atoms with Crippen LogP contribution in [0, 0.1) is 11.6 Å². The minimum Gasteiger partial charge on any atom is -0.493 e. The van der Waals surface area contributed by atoms with Gasteiger partial charge in [0.25, 0.3) is 0 Å². The van der Waals surface area contributed by atoms with Crippen LogP contribution in [0.5, 0.6) is 5.88 Å². The second-order valence-electron chi connectivity index (χ2n) is 5.84. The number of aromatic hydroxyl groups is 1. The van der Waals surface area contributed by atoms with Gasteiger partial charge in [0.05, 0.1) is 11.9 Å². The lowest BCUT2D eigenvalue weighted by molar-refractivity contribution is 0.413. The Hall–Kier alpha value is -2.96. The maximum absolute atomic E-state index is 13.3. The molecule has 122 valence electrons. The maximum Gasteiger partial charge on any atom is 0.328 e. The number of pyridine rings is 1. The van der Waals surface area contributed by atoms with Crippen molar-refractivity contribution in [2.24, 2.45) is 0 Å². The predicted octanol–water partition coefficient (Wildman–Crippen LogP) is 2.95. The van der Waals surface area contributed by atoms with Crippen LogP contribution in [-0.2, 0) is 0 Å². The molecular formula is C17H13F2N3O2.